The molecule has 6 heteroatoms. The van der Waals surface area contributed by atoms with Crippen LogP contribution in [0.1, 0.15) is 19.3 Å². The van der Waals surface area contributed by atoms with E-state index in [1.807, 2.05) is 14.1 Å². The van der Waals surface area contributed by atoms with Gasteiger partial charge in [-0.1, -0.05) is 0 Å². The molecule has 0 aromatic rings. The van der Waals surface area contributed by atoms with Crippen molar-refractivity contribution in [1.29, 1.82) is 0 Å². The first-order valence-corrected chi connectivity index (χ1v) is 6.43. The molecule has 1 aliphatic carbocycles. The van der Waals surface area contributed by atoms with Gasteiger partial charge in [0.05, 0.1) is 0 Å². The van der Waals surface area contributed by atoms with Crippen LogP contribution in [0.4, 0.5) is 4.79 Å². The highest BCUT2D eigenvalue weighted by Crippen LogP contribution is 2.32. The standard InChI is InChI=1S/C12H21N3O3/c1-14(2)9-5-6-15(7-9)12(18)13-10(11(16)17)8-3-4-8/h8-10H,3-7H2,1-2H3,(H,13,18)(H,16,17). The van der Waals surface area contributed by atoms with Gasteiger partial charge < -0.3 is 20.2 Å². The van der Waals surface area contributed by atoms with Gasteiger partial charge in [0.25, 0.3) is 0 Å². The lowest BCUT2D eigenvalue weighted by Crippen LogP contribution is -2.48. The Morgan fingerprint density at radius 2 is 2.00 bits per heavy atom. The molecule has 2 fully saturated rings. The molecule has 1 heterocycles. The van der Waals surface area contributed by atoms with E-state index in [9.17, 15) is 9.59 Å². The van der Waals surface area contributed by atoms with Crippen molar-refractivity contribution in [3.05, 3.63) is 0 Å². The predicted octanol–water partition coefficient (Wildman–Crippen LogP) is 0.195. The first kappa shape index (κ1) is 13.1. The molecule has 2 aliphatic rings. The quantitative estimate of drug-likeness (QED) is 0.752. The van der Waals surface area contributed by atoms with E-state index >= 15 is 0 Å². The van der Waals surface area contributed by atoms with Crippen molar-refractivity contribution in [2.24, 2.45) is 5.92 Å². The molecule has 2 rings (SSSR count). The predicted molar refractivity (Wildman–Crippen MR) is 66.3 cm³/mol. The number of amides is 2. The highest BCUT2D eigenvalue weighted by molar-refractivity contribution is 5.83. The van der Waals surface area contributed by atoms with Crippen molar-refractivity contribution in [1.82, 2.24) is 15.1 Å². The summed E-state index contributed by atoms with van der Waals surface area (Å²) < 4.78 is 0. The smallest absolute Gasteiger partial charge is 0.326 e. The number of carbonyl (C=O) groups excluding carboxylic acids is 1. The number of likely N-dealkylation sites (N-methyl/N-ethyl adjacent to an activating group) is 1. The van der Waals surface area contributed by atoms with Gasteiger partial charge in [-0.15, -0.1) is 0 Å². The molecule has 2 atom stereocenters. The molecule has 2 amide bonds. The topological polar surface area (TPSA) is 72.9 Å². The van der Waals surface area contributed by atoms with Crippen LogP contribution in [-0.2, 0) is 4.79 Å². The zero-order valence-corrected chi connectivity index (χ0v) is 10.9. The Morgan fingerprint density at radius 1 is 1.33 bits per heavy atom. The van der Waals surface area contributed by atoms with Crippen molar-refractivity contribution < 1.29 is 14.7 Å². The Labute approximate surface area is 107 Å². The summed E-state index contributed by atoms with van der Waals surface area (Å²) in [6.45, 7) is 1.38. The molecule has 0 radical (unpaired) electrons. The van der Waals surface area contributed by atoms with Gasteiger partial charge in [0.2, 0.25) is 0 Å². The Balaban J connectivity index is 1.86. The summed E-state index contributed by atoms with van der Waals surface area (Å²) in [5.74, 6) is -0.798. The second kappa shape index (κ2) is 5.14. The van der Waals surface area contributed by atoms with E-state index in [4.69, 9.17) is 5.11 Å². The Bertz CT molecular complexity index is 341. The van der Waals surface area contributed by atoms with Crippen LogP contribution in [0.2, 0.25) is 0 Å². The van der Waals surface area contributed by atoms with Crippen molar-refractivity contribution in [2.75, 3.05) is 27.2 Å². The molecule has 0 aromatic heterocycles. The molecule has 1 saturated carbocycles. The third kappa shape index (κ3) is 2.93. The average molecular weight is 255 g/mol. The van der Waals surface area contributed by atoms with Crippen molar-refractivity contribution >= 4 is 12.0 Å². The lowest BCUT2D eigenvalue weighted by atomic mass is 10.2. The number of nitrogens with one attached hydrogen (secondary N) is 1. The van der Waals surface area contributed by atoms with Crippen LogP contribution >= 0.6 is 0 Å². The van der Waals surface area contributed by atoms with E-state index in [1.54, 1.807) is 4.90 Å². The number of hydrogen-bond acceptors (Lipinski definition) is 3. The van der Waals surface area contributed by atoms with Crippen LogP contribution in [0.5, 0.6) is 0 Å². The molecular weight excluding hydrogens is 234 g/mol. The number of aliphatic carboxylic acids is 1. The number of carboxylic acid groups (broad SMARTS) is 1. The first-order valence-electron chi connectivity index (χ1n) is 6.43. The summed E-state index contributed by atoms with van der Waals surface area (Å²) in [6, 6.07) is -0.575. The highest BCUT2D eigenvalue weighted by Gasteiger charge is 2.38. The number of urea groups is 1. The largest absolute Gasteiger partial charge is 0.480 e. The van der Waals surface area contributed by atoms with Crippen LogP contribution in [0.3, 0.4) is 0 Å². The zero-order valence-electron chi connectivity index (χ0n) is 10.9. The summed E-state index contributed by atoms with van der Waals surface area (Å²) in [7, 11) is 3.99. The van der Waals surface area contributed by atoms with Gasteiger partial charge in [-0.3, -0.25) is 0 Å². The van der Waals surface area contributed by atoms with Crippen LogP contribution in [0.15, 0.2) is 0 Å². The molecular formula is C12H21N3O3. The molecule has 0 spiro atoms. The Kier molecular flexibility index (Phi) is 3.75. The summed E-state index contributed by atoms with van der Waals surface area (Å²) in [6.07, 6.45) is 2.75. The molecule has 6 nitrogen and oxygen atoms in total. The van der Waals surface area contributed by atoms with E-state index < -0.39 is 12.0 Å². The maximum Gasteiger partial charge on any atom is 0.326 e. The normalized spacial score (nSPS) is 25.3. The van der Waals surface area contributed by atoms with Gasteiger partial charge in [-0.2, -0.15) is 0 Å². The van der Waals surface area contributed by atoms with Gasteiger partial charge in [-0.05, 0) is 39.3 Å². The van der Waals surface area contributed by atoms with Crippen LogP contribution in [0, 0.1) is 5.92 Å². The van der Waals surface area contributed by atoms with Gasteiger partial charge >= 0.3 is 12.0 Å². The SMILES string of the molecule is CN(C)C1CCN(C(=O)NC(C(=O)O)C2CC2)C1. The van der Waals surface area contributed by atoms with Gasteiger partial charge in [0, 0.05) is 19.1 Å². The monoisotopic (exact) mass is 255 g/mol. The fraction of sp³-hybridized carbons (Fsp3) is 0.833. The summed E-state index contributed by atoms with van der Waals surface area (Å²) in [5.41, 5.74) is 0. The average Bonchev–Trinajstić information content (AvgIpc) is 3.00. The maximum absolute atomic E-state index is 12.0. The number of rotatable bonds is 4. The first-order chi connectivity index (χ1) is 8.49. The van der Waals surface area contributed by atoms with Gasteiger partial charge in [-0.25, -0.2) is 9.59 Å². The van der Waals surface area contributed by atoms with Crippen molar-refractivity contribution in [3.63, 3.8) is 0 Å². The second-order valence-corrected chi connectivity index (χ2v) is 5.45. The minimum atomic E-state index is -0.922. The lowest BCUT2D eigenvalue weighted by molar-refractivity contribution is -0.139. The maximum atomic E-state index is 12.0. The number of likely N-dealkylation sites (tertiary alicyclic amines) is 1. The minimum Gasteiger partial charge on any atom is -0.480 e. The van der Waals surface area contributed by atoms with E-state index in [-0.39, 0.29) is 11.9 Å². The zero-order chi connectivity index (χ0) is 13.3. The summed E-state index contributed by atoms with van der Waals surface area (Å²) in [4.78, 5) is 26.9. The van der Waals surface area contributed by atoms with Crippen molar-refractivity contribution in [2.45, 2.75) is 31.3 Å². The highest BCUT2D eigenvalue weighted by atomic mass is 16.4. The molecule has 102 valence electrons. The van der Waals surface area contributed by atoms with Gasteiger partial charge in [0.15, 0.2) is 0 Å². The molecule has 1 aliphatic heterocycles. The minimum absolute atomic E-state index is 0.124. The van der Waals surface area contributed by atoms with Crippen LogP contribution < -0.4 is 5.32 Å². The second-order valence-electron chi connectivity index (χ2n) is 5.45. The third-order valence-corrected chi connectivity index (χ3v) is 3.82. The van der Waals surface area contributed by atoms with Crippen molar-refractivity contribution in [3.8, 4) is 0 Å². The van der Waals surface area contributed by atoms with E-state index in [2.05, 4.69) is 10.2 Å². The number of nitrogens with zero attached hydrogens (tertiary/aromatic N) is 2. The van der Waals surface area contributed by atoms with Gasteiger partial charge in [0.1, 0.15) is 6.04 Å². The fourth-order valence-corrected chi connectivity index (χ4v) is 2.38. The van der Waals surface area contributed by atoms with E-state index in [0.29, 0.717) is 19.1 Å². The molecule has 0 aromatic carbocycles. The molecule has 18 heavy (non-hydrogen) atoms. The molecule has 0 bridgehead atoms. The van der Waals surface area contributed by atoms with E-state index in [1.165, 1.54) is 0 Å². The lowest BCUT2D eigenvalue weighted by Gasteiger charge is -2.22. The summed E-state index contributed by atoms with van der Waals surface area (Å²) >= 11 is 0. The third-order valence-electron chi connectivity index (χ3n) is 3.82. The van der Waals surface area contributed by atoms with E-state index in [0.717, 1.165) is 19.3 Å². The number of carbonyl (C=O) groups is 2. The molecule has 2 N–H and O–H groups in total. The Hall–Kier alpha value is -1.30. The molecule has 1 saturated heterocycles. The fourth-order valence-electron chi connectivity index (χ4n) is 2.38. The number of hydrogen-bond donors (Lipinski definition) is 2. The molecule has 2 unspecified atom stereocenters. The summed E-state index contributed by atoms with van der Waals surface area (Å²) in [5, 5.41) is 11.7. The van der Waals surface area contributed by atoms with Crippen LogP contribution in [0.25, 0.3) is 0 Å². The van der Waals surface area contributed by atoms with Crippen LogP contribution in [-0.4, -0.2) is 66.2 Å². The Morgan fingerprint density at radius 3 is 2.44 bits per heavy atom. The number of carboxylic acids is 1.